The van der Waals surface area contributed by atoms with E-state index >= 15 is 0 Å². The molecule has 0 aliphatic heterocycles. The molecular formula is C16H22N2. The van der Waals surface area contributed by atoms with Gasteiger partial charge < -0.3 is 4.90 Å². The molecule has 0 amide bonds. The van der Waals surface area contributed by atoms with Crippen LogP contribution in [0, 0.1) is 6.92 Å². The van der Waals surface area contributed by atoms with Gasteiger partial charge in [0.15, 0.2) is 0 Å². The topological polar surface area (TPSA) is 16.1 Å². The first-order chi connectivity index (χ1) is 8.29. The zero-order valence-corrected chi connectivity index (χ0v) is 12.2. The molecule has 18 heavy (non-hydrogen) atoms. The Morgan fingerprint density at radius 1 is 1.06 bits per heavy atom. The Hall–Kier alpha value is -1.57. The molecule has 0 saturated carbocycles. The molecule has 1 aromatic heterocycles. The van der Waals surface area contributed by atoms with E-state index in [0.29, 0.717) is 0 Å². The molecule has 96 valence electrons. The number of pyridine rings is 1. The molecule has 0 unspecified atom stereocenters. The predicted molar refractivity (Wildman–Crippen MR) is 79.5 cm³/mol. The third-order valence-corrected chi connectivity index (χ3v) is 3.26. The summed E-state index contributed by atoms with van der Waals surface area (Å²) in [6, 6.07) is 8.75. The SMILES string of the molecule is Cc1cc(N(C)C)c2cc(C(C)(C)C)ccc2n1. The Morgan fingerprint density at radius 3 is 2.28 bits per heavy atom. The molecule has 0 bridgehead atoms. The molecule has 0 aliphatic rings. The number of hydrogen-bond donors (Lipinski definition) is 0. The van der Waals surface area contributed by atoms with Gasteiger partial charge in [0, 0.05) is 30.9 Å². The lowest BCUT2D eigenvalue weighted by Crippen LogP contribution is -2.13. The largest absolute Gasteiger partial charge is 0.377 e. The molecule has 0 saturated heterocycles. The van der Waals surface area contributed by atoms with E-state index in [0.717, 1.165) is 11.2 Å². The predicted octanol–water partition coefficient (Wildman–Crippen LogP) is 3.91. The van der Waals surface area contributed by atoms with Gasteiger partial charge in [0.1, 0.15) is 0 Å². The van der Waals surface area contributed by atoms with Crippen molar-refractivity contribution in [1.29, 1.82) is 0 Å². The Balaban J connectivity index is 2.75. The van der Waals surface area contributed by atoms with Gasteiger partial charge in [0.25, 0.3) is 0 Å². The fraction of sp³-hybridized carbons (Fsp3) is 0.438. The van der Waals surface area contributed by atoms with Crippen LogP contribution in [0.4, 0.5) is 5.69 Å². The highest BCUT2D eigenvalue weighted by molar-refractivity contribution is 5.92. The van der Waals surface area contributed by atoms with Crippen LogP contribution >= 0.6 is 0 Å². The molecule has 0 atom stereocenters. The minimum atomic E-state index is 0.169. The smallest absolute Gasteiger partial charge is 0.0726 e. The van der Waals surface area contributed by atoms with Gasteiger partial charge >= 0.3 is 0 Å². The first-order valence-electron chi connectivity index (χ1n) is 6.38. The van der Waals surface area contributed by atoms with Gasteiger partial charge in [-0.05, 0) is 36.1 Å². The van der Waals surface area contributed by atoms with E-state index in [1.54, 1.807) is 0 Å². The maximum Gasteiger partial charge on any atom is 0.0726 e. The van der Waals surface area contributed by atoms with Gasteiger partial charge in [-0.25, -0.2) is 0 Å². The second-order valence-corrected chi connectivity index (χ2v) is 6.16. The number of fused-ring (bicyclic) bond motifs is 1. The van der Waals surface area contributed by atoms with Crippen molar-refractivity contribution in [2.24, 2.45) is 0 Å². The summed E-state index contributed by atoms with van der Waals surface area (Å²) in [5.74, 6) is 0. The van der Waals surface area contributed by atoms with Crippen molar-refractivity contribution < 1.29 is 0 Å². The summed E-state index contributed by atoms with van der Waals surface area (Å²) in [6.07, 6.45) is 0. The number of anilines is 1. The highest BCUT2D eigenvalue weighted by Crippen LogP contribution is 2.30. The van der Waals surface area contributed by atoms with Crippen LogP contribution in [0.2, 0.25) is 0 Å². The van der Waals surface area contributed by atoms with E-state index in [1.807, 2.05) is 6.92 Å². The lowest BCUT2D eigenvalue weighted by Gasteiger charge is -2.22. The number of benzene rings is 1. The normalized spacial score (nSPS) is 11.9. The van der Waals surface area contributed by atoms with E-state index in [-0.39, 0.29) is 5.41 Å². The van der Waals surface area contributed by atoms with E-state index in [1.165, 1.54) is 16.6 Å². The Bertz CT molecular complexity index is 577. The monoisotopic (exact) mass is 242 g/mol. The molecule has 2 rings (SSSR count). The highest BCUT2D eigenvalue weighted by atomic mass is 15.1. The fourth-order valence-corrected chi connectivity index (χ4v) is 2.17. The maximum absolute atomic E-state index is 4.62. The molecule has 0 radical (unpaired) electrons. The van der Waals surface area contributed by atoms with Crippen molar-refractivity contribution in [2.45, 2.75) is 33.1 Å². The van der Waals surface area contributed by atoms with Crippen LogP contribution in [0.15, 0.2) is 24.3 Å². The second-order valence-electron chi connectivity index (χ2n) is 6.16. The summed E-state index contributed by atoms with van der Waals surface area (Å²) >= 11 is 0. The number of rotatable bonds is 1. The van der Waals surface area contributed by atoms with Crippen molar-refractivity contribution in [3.8, 4) is 0 Å². The van der Waals surface area contributed by atoms with Crippen molar-refractivity contribution in [2.75, 3.05) is 19.0 Å². The average Bonchev–Trinajstić information content (AvgIpc) is 2.25. The first kappa shape index (κ1) is 12.9. The van der Waals surface area contributed by atoms with Gasteiger partial charge in [-0.1, -0.05) is 26.8 Å². The van der Waals surface area contributed by atoms with Crippen LogP contribution in [-0.2, 0) is 5.41 Å². The summed E-state index contributed by atoms with van der Waals surface area (Å²) in [6.45, 7) is 8.77. The second kappa shape index (κ2) is 4.27. The van der Waals surface area contributed by atoms with Gasteiger partial charge in [-0.3, -0.25) is 4.98 Å². The van der Waals surface area contributed by atoms with E-state index in [2.05, 4.69) is 69.0 Å². The van der Waals surface area contributed by atoms with Crippen LogP contribution in [-0.4, -0.2) is 19.1 Å². The summed E-state index contributed by atoms with van der Waals surface area (Å²) < 4.78 is 0. The van der Waals surface area contributed by atoms with Crippen LogP contribution in [0.3, 0.4) is 0 Å². The maximum atomic E-state index is 4.62. The number of hydrogen-bond acceptors (Lipinski definition) is 2. The van der Waals surface area contributed by atoms with Crippen molar-refractivity contribution >= 4 is 16.6 Å². The molecule has 2 nitrogen and oxygen atoms in total. The summed E-state index contributed by atoms with van der Waals surface area (Å²) in [5.41, 5.74) is 4.90. The van der Waals surface area contributed by atoms with Crippen LogP contribution in [0.25, 0.3) is 10.9 Å². The third-order valence-electron chi connectivity index (χ3n) is 3.26. The van der Waals surface area contributed by atoms with Crippen molar-refractivity contribution in [3.05, 3.63) is 35.5 Å². The first-order valence-corrected chi connectivity index (χ1v) is 6.38. The van der Waals surface area contributed by atoms with Gasteiger partial charge in [-0.15, -0.1) is 0 Å². The van der Waals surface area contributed by atoms with Gasteiger partial charge in [0.05, 0.1) is 5.52 Å². The van der Waals surface area contributed by atoms with Crippen molar-refractivity contribution in [1.82, 2.24) is 4.98 Å². The Morgan fingerprint density at radius 2 is 1.72 bits per heavy atom. The molecule has 0 fully saturated rings. The quantitative estimate of drug-likeness (QED) is 0.753. The summed E-state index contributed by atoms with van der Waals surface area (Å²) in [5, 5.41) is 1.23. The Kier molecular flexibility index (Phi) is 3.05. The standard InChI is InChI=1S/C16H22N2/c1-11-9-15(18(5)6)13-10-12(16(2,3)4)7-8-14(13)17-11/h7-10H,1-6H3. The lowest BCUT2D eigenvalue weighted by atomic mass is 9.86. The average molecular weight is 242 g/mol. The summed E-state index contributed by atoms with van der Waals surface area (Å²) in [4.78, 5) is 6.77. The molecule has 2 heteroatoms. The zero-order chi connectivity index (χ0) is 13.5. The van der Waals surface area contributed by atoms with Gasteiger partial charge in [0.2, 0.25) is 0 Å². The molecule has 0 aliphatic carbocycles. The summed E-state index contributed by atoms with van der Waals surface area (Å²) in [7, 11) is 4.16. The van der Waals surface area contributed by atoms with E-state index in [9.17, 15) is 0 Å². The molecular weight excluding hydrogens is 220 g/mol. The third kappa shape index (κ3) is 2.33. The Labute approximate surface area is 110 Å². The van der Waals surface area contributed by atoms with E-state index in [4.69, 9.17) is 0 Å². The van der Waals surface area contributed by atoms with Crippen molar-refractivity contribution in [3.63, 3.8) is 0 Å². The van der Waals surface area contributed by atoms with Crippen LogP contribution in [0.5, 0.6) is 0 Å². The highest BCUT2D eigenvalue weighted by Gasteiger charge is 2.15. The molecule has 0 N–H and O–H groups in total. The minimum Gasteiger partial charge on any atom is -0.377 e. The van der Waals surface area contributed by atoms with E-state index < -0.39 is 0 Å². The molecule has 0 spiro atoms. The lowest BCUT2D eigenvalue weighted by molar-refractivity contribution is 0.591. The van der Waals surface area contributed by atoms with Crippen LogP contribution in [0.1, 0.15) is 32.0 Å². The minimum absolute atomic E-state index is 0.169. The number of nitrogens with zero attached hydrogens (tertiary/aromatic N) is 2. The number of aromatic nitrogens is 1. The molecule has 1 heterocycles. The zero-order valence-electron chi connectivity index (χ0n) is 12.2. The molecule has 2 aromatic rings. The fourth-order valence-electron chi connectivity index (χ4n) is 2.17. The molecule has 1 aromatic carbocycles. The number of aryl methyl sites for hydroxylation is 1. The van der Waals surface area contributed by atoms with Crippen LogP contribution < -0.4 is 4.90 Å². The van der Waals surface area contributed by atoms with Gasteiger partial charge in [-0.2, -0.15) is 0 Å².